The molecule has 1 unspecified atom stereocenters. The lowest BCUT2D eigenvalue weighted by molar-refractivity contribution is 0.298. The van der Waals surface area contributed by atoms with Gasteiger partial charge in [-0.25, -0.2) is 0 Å². The maximum absolute atomic E-state index is 3.51. The van der Waals surface area contributed by atoms with E-state index in [9.17, 15) is 0 Å². The van der Waals surface area contributed by atoms with E-state index in [2.05, 4.69) is 45.3 Å². The first-order valence-electron chi connectivity index (χ1n) is 5.67. The molecule has 0 bridgehead atoms. The van der Waals surface area contributed by atoms with Crippen molar-refractivity contribution in [1.82, 2.24) is 5.32 Å². The lowest BCUT2D eigenvalue weighted by atomic mass is 9.76. The summed E-state index contributed by atoms with van der Waals surface area (Å²) in [5.41, 5.74) is 3.46. The van der Waals surface area contributed by atoms with Gasteiger partial charge in [0.05, 0.1) is 0 Å². The first kappa shape index (κ1) is 11.5. The van der Waals surface area contributed by atoms with Gasteiger partial charge in [0.1, 0.15) is 0 Å². The number of hydrogen-bond donors (Lipinski definition) is 1. The Morgan fingerprint density at radius 3 is 2.71 bits per heavy atom. The van der Waals surface area contributed by atoms with E-state index in [4.69, 9.17) is 0 Å². The molecule has 0 heterocycles. The SMILES string of the molecule is C/C=C\C1=C(C)CCC(CC)(NC)C1. The van der Waals surface area contributed by atoms with Crippen molar-refractivity contribution in [3.8, 4) is 0 Å². The van der Waals surface area contributed by atoms with E-state index in [1.165, 1.54) is 31.3 Å². The third-order valence-corrected chi connectivity index (χ3v) is 3.63. The van der Waals surface area contributed by atoms with Crippen LogP contribution >= 0.6 is 0 Å². The van der Waals surface area contributed by atoms with Crippen LogP contribution in [-0.4, -0.2) is 12.6 Å². The Labute approximate surface area is 88.3 Å². The molecule has 1 N–H and O–H groups in total. The first-order valence-corrected chi connectivity index (χ1v) is 5.67. The van der Waals surface area contributed by atoms with Gasteiger partial charge >= 0.3 is 0 Å². The smallest absolute Gasteiger partial charge is 0.0219 e. The van der Waals surface area contributed by atoms with Crippen molar-refractivity contribution in [2.24, 2.45) is 0 Å². The molecule has 1 nitrogen and oxygen atoms in total. The van der Waals surface area contributed by atoms with Gasteiger partial charge in [-0.15, -0.1) is 0 Å². The minimum absolute atomic E-state index is 0.356. The molecular formula is C13H23N. The molecule has 0 amide bonds. The normalized spacial score (nSPS) is 28.9. The fraction of sp³-hybridized carbons (Fsp3) is 0.692. The maximum atomic E-state index is 3.51. The predicted molar refractivity (Wildman–Crippen MR) is 63.4 cm³/mol. The standard InChI is InChI=1S/C13H23N/c1-5-7-12-10-13(6-2,14-4)9-8-11(12)3/h5,7,14H,6,8-10H2,1-4H3/b7-5-. The summed E-state index contributed by atoms with van der Waals surface area (Å²) in [5, 5.41) is 3.51. The van der Waals surface area contributed by atoms with Crippen LogP contribution in [0, 0.1) is 0 Å². The zero-order valence-electron chi connectivity index (χ0n) is 9.98. The molecule has 1 atom stereocenters. The fourth-order valence-corrected chi connectivity index (χ4v) is 2.29. The van der Waals surface area contributed by atoms with Gasteiger partial charge in [0, 0.05) is 5.54 Å². The quantitative estimate of drug-likeness (QED) is 0.724. The van der Waals surface area contributed by atoms with Crippen molar-refractivity contribution in [2.45, 2.75) is 52.0 Å². The summed E-state index contributed by atoms with van der Waals surface area (Å²) in [5.74, 6) is 0. The average molecular weight is 193 g/mol. The Morgan fingerprint density at radius 1 is 1.50 bits per heavy atom. The molecule has 0 fully saturated rings. The average Bonchev–Trinajstić information content (AvgIpc) is 2.22. The number of rotatable bonds is 3. The predicted octanol–water partition coefficient (Wildman–Crippen LogP) is 3.43. The van der Waals surface area contributed by atoms with Crippen LogP contribution in [0.5, 0.6) is 0 Å². The van der Waals surface area contributed by atoms with Gasteiger partial charge in [-0.05, 0) is 52.2 Å². The molecule has 14 heavy (non-hydrogen) atoms. The van der Waals surface area contributed by atoms with Crippen LogP contribution in [0.2, 0.25) is 0 Å². The Bertz CT molecular complexity index is 244. The van der Waals surface area contributed by atoms with Gasteiger partial charge in [-0.1, -0.05) is 24.6 Å². The highest BCUT2D eigenvalue weighted by Gasteiger charge is 2.30. The monoisotopic (exact) mass is 193 g/mol. The minimum Gasteiger partial charge on any atom is -0.314 e. The Kier molecular flexibility index (Phi) is 3.94. The van der Waals surface area contributed by atoms with Crippen molar-refractivity contribution >= 4 is 0 Å². The lowest BCUT2D eigenvalue weighted by Gasteiger charge is -2.37. The van der Waals surface area contributed by atoms with Crippen molar-refractivity contribution in [1.29, 1.82) is 0 Å². The Balaban J connectivity index is 2.85. The van der Waals surface area contributed by atoms with E-state index < -0.39 is 0 Å². The van der Waals surface area contributed by atoms with Gasteiger partial charge in [-0.3, -0.25) is 0 Å². The molecule has 0 spiro atoms. The zero-order valence-corrected chi connectivity index (χ0v) is 9.98. The molecule has 0 saturated carbocycles. The van der Waals surface area contributed by atoms with Crippen LogP contribution in [0.25, 0.3) is 0 Å². The molecular weight excluding hydrogens is 170 g/mol. The van der Waals surface area contributed by atoms with Crippen molar-refractivity contribution in [2.75, 3.05) is 7.05 Å². The summed E-state index contributed by atoms with van der Waals surface area (Å²) in [4.78, 5) is 0. The lowest BCUT2D eigenvalue weighted by Crippen LogP contribution is -2.44. The van der Waals surface area contributed by atoms with Gasteiger partial charge < -0.3 is 5.32 Å². The Morgan fingerprint density at radius 2 is 2.21 bits per heavy atom. The van der Waals surface area contributed by atoms with E-state index in [0.29, 0.717) is 5.54 Å². The van der Waals surface area contributed by atoms with Gasteiger partial charge in [0.2, 0.25) is 0 Å². The molecule has 1 aliphatic rings. The van der Waals surface area contributed by atoms with Crippen LogP contribution in [0.1, 0.15) is 46.5 Å². The van der Waals surface area contributed by atoms with E-state index >= 15 is 0 Å². The maximum Gasteiger partial charge on any atom is 0.0219 e. The zero-order chi connectivity index (χ0) is 10.6. The van der Waals surface area contributed by atoms with Gasteiger partial charge in [0.15, 0.2) is 0 Å². The molecule has 0 aliphatic heterocycles. The van der Waals surface area contributed by atoms with E-state index in [0.717, 1.165) is 0 Å². The van der Waals surface area contributed by atoms with E-state index in [1.807, 2.05) is 0 Å². The first-order chi connectivity index (χ1) is 6.67. The summed E-state index contributed by atoms with van der Waals surface area (Å²) in [6.45, 7) is 6.65. The molecule has 1 rings (SSSR count). The number of hydrogen-bond acceptors (Lipinski definition) is 1. The van der Waals surface area contributed by atoms with Crippen molar-refractivity contribution in [3.63, 3.8) is 0 Å². The molecule has 1 heteroatoms. The van der Waals surface area contributed by atoms with Crippen LogP contribution in [0.3, 0.4) is 0 Å². The van der Waals surface area contributed by atoms with Crippen LogP contribution in [-0.2, 0) is 0 Å². The Hall–Kier alpha value is -0.560. The van der Waals surface area contributed by atoms with Gasteiger partial charge in [-0.2, -0.15) is 0 Å². The van der Waals surface area contributed by atoms with E-state index in [-0.39, 0.29) is 0 Å². The summed E-state index contributed by atoms with van der Waals surface area (Å²) < 4.78 is 0. The topological polar surface area (TPSA) is 12.0 Å². The molecule has 0 saturated heterocycles. The van der Waals surface area contributed by atoms with Crippen molar-refractivity contribution < 1.29 is 0 Å². The third kappa shape index (κ3) is 2.27. The van der Waals surface area contributed by atoms with Crippen molar-refractivity contribution in [3.05, 3.63) is 23.3 Å². The molecule has 0 radical (unpaired) electrons. The second kappa shape index (κ2) is 4.79. The summed E-state index contributed by atoms with van der Waals surface area (Å²) >= 11 is 0. The highest BCUT2D eigenvalue weighted by atomic mass is 14.9. The summed E-state index contributed by atoms with van der Waals surface area (Å²) in [6, 6.07) is 0. The molecule has 0 aromatic rings. The fourth-order valence-electron chi connectivity index (χ4n) is 2.29. The number of allylic oxidation sites excluding steroid dienone is 3. The highest BCUT2D eigenvalue weighted by Crippen LogP contribution is 2.34. The van der Waals surface area contributed by atoms with Crippen LogP contribution in [0.4, 0.5) is 0 Å². The largest absolute Gasteiger partial charge is 0.314 e. The highest BCUT2D eigenvalue weighted by molar-refractivity contribution is 5.30. The third-order valence-electron chi connectivity index (χ3n) is 3.63. The van der Waals surface area contributed by atoms with E-state index in [1.54, 1.807) is 5.57 Å². The minimum atomic E-state index is 0.356. The molecule has 0 aromatic carbocycles. The van der Waals surface area contributed by atoms with Crippen LogP contribution in [0.15, 0.2) is 23.3 Å². The molecule has 80 valence electrons. The summed E-state index contributed by atoms with van der Waals surface area (Å²) in [7, 11) is 2.09. The second-order valence-corrected chi connectivity index (χ2v) is 4.37. The second-order valence-electron chi connectivity index (χ2n) is 4.37. The van der Waals surface area contributed by atoms with Crippen LogP contribution < -0.4 is 5.32 Å². The number of nitrogens with one attached hydrogen (secondary N) is 1. The van der Waals surface area contributed by atoms with Gasteiger partial charge in [0.25, 0.3) is 0 Å². The molecule has 1 aliphatic carbocycles. The molecule has 0 aromatic heterocycles. The summed E-state index contributed by atoms with van der Waals surface area (Å²) in [6.07, 6.45) is 9.37.